The van der Waals surface area contributed by atoms with Crippen LogP contribution in [-0.2, 0) is 0 Å². The van der Waals surface area contributed by atoms with E-state index < -0.39 is 5.54 Å². The van der Waals surface area contributed by atoms with Gasteiger partial charge in [0.1, 0.15) is 5.54 Å². The van der Waals surface area contributed by atoms with Crippen molar-refractivity contribution in [3.63, 3.8) is 0 Å². The van der Waals surface area contributed by atoms with Crippen molar-refractivity contribution in [1.82, 2.24) is 0 Å². The second kappa shape index (κ2) is 5.01. The lowest BCUT2D eigenvalue weighted by Gasteiger charge is -2.29. The van der Waals surface area contributed by atoms with Gasteiger partial charge in [0.2, 0.25) is 0 Å². The van der Waals surface area contributed by atoms with Gasteiger partial charge in [-0.15, -0.1) is 0 Å². The standard InChI is InChI=1S/C14H16N2O/c15-11-14(9-5-2-6-10-14)16-13(17)12-7-3-1-4-8-12/h1,3-4,7-8H,2,5-6,9-10H2,(H,16,17)/p-1. The van der Waals surface area contributed by atoms with E-state index in [4.69, 9.17) is 0 Å². The van der Waals surface area contributed by atoms with Crippen molar-refractivity contribution < 1.29 is 5.11 Å². The number of nitrogens with zero attached hydrogens (tertiary/aromatic N) is 2. The Balaban J connectivity index is 2.25. The highest BCUT2D eigenvalue weighted by Crippen LogP contribution is 2.31. The molecule has 0 amide bonds. The summed E-state index contributed by atoms with van der Waals surface area (Å²) in [6.45, 7) is 0. The van der Waals surface area contributed by atoms with Crippen molar-refractivity contribution in [3.8, 4) is 6.07 Å². The summed E-state index contributed by atoms with van der Waals surface area (Å²) in [5.74, 6) is -0.269. The van der Waals surface area contributed by atoms with E-state index in [0.717, 1.165) is 19.3 Å². The fraction of sp³-hybridized carbons (Fsp3) is 0.429. The van der Waals surface area contributed by atoms with Gasteiger partial charge in [0.15, 0.2) is 0 Å². The first-order valence-corrected chi connectivity index (χ1v) is 5.99. The van der Waals surface area contributed by atoms with Gasteiger partial charge in [-0.3, -0.25) is 4.99 Å². The summed E-state index contributed by atoms with van der Waals surface area (Å²) in [6.07, 6.45) is 4.53. The Morgan fingerprint density at radius 1 is 1.18 bits per heavy atom. The van der Waals surface area contributed by atoms with Gasteiger partial charge >= 0.3 is 0 Å². The molecule has 0 aromatic heterocycles. The molecule has 0 N–H and O–H groups in total. The third kappa shape index (κ3) is 2.65. The largest absolute Gasteiger partial charge is 0.858 e. The minimum atomic E-state index is -0.773. The highest BCUT2D eigenvalue weighted by atomic mass is 16.3. The fourth-order valence-electron chi connectivity index (χ4n) is 2.22. The van der Waals surface area contributed by atoms with Crippen LogP contribution in [0.5, 0.6) is 0 Å². The molecule has 1 aromatic rings. The van der Waals surface area contributed by atoms with Crippen LogP contribution in [0.4, 0.5) is 0 Å². The molecule has 1 aliphatic carbocycles. The molecular weight excluding hydrogens is 212 g/mol. The van der Waals surface area contributed by atoms with Gasteiger partial charge in [-0.05, 0) is 37.1 Å². The molecule has 88 valence electrons. The molecule has 1 fully saturated rings. The number of rotatable bonds is 2. The summed E-state index contributed by atoms with van der Waals surface area (Å²) in [5.41, 5.74) is -0.210. The number of hydrogen-bond donors (Lipinski definition) is 0. The topological polar surface area (TPSA) is 59.2 Å². The molecule has 2 rings (SSSR count). The van der Waals surface area contributed by atoms with Crippen molar-refractivity contribution in [3.05, 3.63) is 35.9 Å². The van der Waals surface area contributed by atoms with Crippen LogP contribution < -0.4 is 5.11 Å². The monoisotopic (exact) mass is 227 g/mol. The maximum Gasteiger partial charge on any atom is 0.146 e. The first-order chi connectivity index (χ1) is 8.26. The second-order valence-corrected chi connectivity index (χ2v) is 4.49. The van der Waals surface area contributed by atoms with Crippen molar-refractivity contribution in [1.29, 1.82) is 5.26 Å². The molecule has 1 aromatic carbocycles. The number of nitriles is 1. The quantitative estimate of drug-likeness (QED) is 0.573. The van der Waals surface area contributed by atoms with Crippen molar-refractivity contribution in [2.24, 2.45) is 4.99 Å². The first-order valence-electron chi connectivity index (χ1n) is 5.99. The molecule has 3 heteroatoms. The zero-order chi connectivity index (χ0) is 12.1. The van der Waals surface area contributed by atoms with Crippen molar-refractivity contribution in [2.75, 3.05) is 0 Å². The Hall–Kier alpha value is -1.82. The molecule has 0 bridgehead atoms. The number of aliphatic imine (C=N–C) groups is 1. The highest BCUT2D eigenvalue weighted by molar-refractivity contribution is 5.91. The summed E-state index contributed by atoms with van der Waals surface area (Å²) >= 11 is 0. The Labute approximate surface area is 101 Å². The smallest absolute Gasteiger partial charge is 0.146 e. The van der Waals surface area contributed by atoms with E-state index in [1.54, 1.807) is 12.1 Å². The van der Waals surface area contributed by atoms with Crippen LogP contribution in [0.3, 0.4) is 0 Å². The van der Waals surface area contributed by atoms with Crippen LogP contribution in [0, 0.1) is 11.3 Å². The molecule has 0 atom stereocenters. The van der Waals surface area contributed by atoms with Crippen LogP contribution in [0.1, 0.15) is 37.7 Å². The summed E-state index contributed by atoms with van der Waals surface area (Å²) in [7, 11) is 0. The number of benzene rings is 1. The molecule has 0 heterocycles. The molecule has 1 aliphatic rings. The minimum absolute atomic E-state index is 0.269. The van der Waals surface area contributed by atoms with Crippen molar-refractivity contribution >= 4 is 5.90 Å². The zero-order valence-corrected chi connectivity index (χ0v) is 9.72. The minimum Gasteiger partial charge on any atom is -0.858 e. The van der Waals surface area contributed by atoms with Gasteiger partial charge in [0, 0.05) is 0 Å². The highest BCUT2D eigenvalue weighted by Gasteiger charge is 2.30. The lowest BCUT2D eigenvalue weighted by atomic mass is 9.83. The lowest BCUT2D eigenvalue weighted by Crippen LogP contribution is -2.32. The summed E-state index contributed by atoms with van der Waals surface area (Å²) in [6, 6.07) is 11.2. The van der Waals surface area contributed by atoms with E-state index >= 15 is 0 Å². The van der Waals surface area contributed by atoms with Gasteiger partial charge in [-0.25, -0.2) is 0 Å². The zero-order valence-electron chi connectivity index (χ0n) is 9.72. The molecule has 17 heavy (non-hydrogen) atoms. The van der Waals surface area contributed by atoms with Crippen LogP contribution in [0.15, 0.2) is 35.3 Å². The third-order valence-electron chi connectivity index (χ3n) is 3.23. The second-order valence-electron chi connectivity index (χ2n) is 4.49. The van der Waals surface area contributed by atoms with E-state index in [2.05, 4.69) is 11.1 Å². The lowest BCUT2D eigenvalue weighted by molar-refractivity contribution is -0.213. The van der Waals surface area contributed by atoms with Crippen LogP contribution in [-0.4, -0.2) is 11.4 Å². The van der Waals surface area contributed by atoms with Crippen LogP contribution in [0.2, 0.25) is 0 Å². The van der Waals surface area contributed by atoms with E-state index in [0.29, 0.717) is 18.4 Å². The Kier molecular flexibility index (Phi) is 3.43. The molecule has 0 radical (unpaired) electrons. The predicted molar refractivity (Wildman–Crippen MR) is 64.4 cm³/mol. The van der Waals surface area contributed by atoms with Crippen LogP contribution in [0.25, 0.3) is 0 Å². The molecule has 0 saturated heterocycles. The maximum absolute atomic E-state index is 12.0. The van der Waals surface area contributed by atoms with E-state index in [-0.39, 0.29) is 5.90 Å². The van der Waals surface area contributed by atoms with Gasteiger partial charge < -0.3 is 5.11 Å². The molecule has 0 unspecified atom stereocenters. The average molecular weight is 227 g/mol. The van der Waals surface area contributed by atoms with Gasteiger partial charge in [-0.2, -0.15) is 5.26 Å². The van der Waals surface area contributed by atoms with E-state index in [1.165, 1.54) is 0 Å². The fourth-order valence-corrected chi connectivity index (χ4v) is 2.22. The third-order valence-corrected chi connectivity index (χ3v) is 3.23. The Bertz CT molecular complexity index is 439. The SMILES string of the molecule is N#CC1(N=C([O-])c2ccccc2)CCCCC1. The molecular formula is C14H15N2O-. The van der Waals surface area contributed by atoms with E-state index in [9.17, 15) is 10.4 Å². The summed E-state index contributed by atoms with van der Waals surface area (Å²) in [5, 5.41) is 21.2. The van der Waals surface area contributed by atoms with E-state index in [1.807, 2.05) is 18.2 Å². The van der Waals surface area contributed by atoms with Gasteiger partial charge in [0.05, 0.1) is 6.07 Å². The molecule has 1 saturated carbocycles. The predicted octanol–water partition coefficient (Wildman–Crippen LogP) is 2.02. The first kappa shape index (κ1) is 11.7. The summed E-state index contributed by atoms with van der Waals surface area (Å²) < 4.78 is 0. The molecule has 3 nitrogen and oxygen atoms in total. The Morgan fingerprint density at radius 3 is 2.41 bits per heavy atom. The normalized spacial score (nSPS) is 19.6. The van der Waals surface area contributed by atoms with Gasteiger partial charge in [0.25, 0.3) is 0 Å². The Morgan fingerprint density at radius 2 is 1.82 bits per heavy atom. The maximum atomic E-state index is 12.0. The molecule has 0 spiro atoms. The van der Waals surface area contributed by atoms with Crippen LogP contribution >= 0.6 is 0 Å². The average Bonchev–Trinajstić information content (AvgIpc) is 2.41. The molecule has 0 aliphatic heterocycles. The van der Waals surface area contributed by atoms with Crippen molar-refractivity contribution in [2.45, 2.75) is 37.6 Å². The summed E-state index contributed by atoms with van der Waals surface area (Å²) in [4.78, 5) is 4.16. The van der Waals surface area contributed by atoms with Gasteiger partial charge in [-0.1, -0.05) is 36.8 Å². The number of hydrogen-bond acceptors (Lipinski definition) is 3.